The minimum atomic E-state index is -0.359. The van der Waals surface area contributed by atoms with Gasteiger partial charge in [-0.15, -0.1) is 0 Å². The molecule has 0 unspecified atom stereocenters. The molecule has 0 amide bonds. The Kier molecular flexibility index (Phi) is 4.48. The largest absolute Gasteiger partial charge is 0.493 e. The van der Waals surface area contributed by atoms with Gasteiger partial charge >= 0.3 is 0 Å². The first-order valence-corrected chi connectivity index (χ1v) is 7.90. The number of fused-ring (bicyclic) bond motifs is 1. The summed E-state index contributed by atoms with van der Waals surface area (Å²) >= 11 is 9.29. The SMILES string of the molecule is Fc1c(Cl)cccc1CNCc1cc(Br)cc2c1OCC2. The van der Waals surface area contributed by atoms with E-state index in [-0.39, 0.29) is 10.8 Å². The van der Waals surface area contributed by atoms with Crippen LogP contribution in [-0.2, 0) is 19.5 Å². The quantitative estimate of drug-likeness (QED) is 0.857. The van der Waals surface area contributed by atoms with Crippen LogP contribution in [0.15, 0.2) is 34.8 Å². The van der Waals surface area contributed by atoms with Crippen molar-refractivity contribution in [3.8, 4) is 5.75 Å². The van der Waals surface area contributed by atoms with E-state index < -0.39 is 0 Å². The summed E-state index contributed by atoms with van der Waals surface area (Å²) in [7, 11) is 0. The van der Waals surface area contributed by atoms with E-state index in [4.69, 9.17) is 16.3 Å². The van der Waals surface area contributed by atoms with Gasteiger partial charge in [0.1, 0.15) is 11.6 Å². The van der Waals surface area contributed by atoms with Crippen LogP contribution in [0.25, 0.3) is 0 Å². The molecule has 2 aromatic rings. The van der Waals surface area contributed by atoms with Gasteiger partial charge < -0.3 is 10.1 Å². The monoisotopic (exact) mass is 369 g/mol. The average molecular weight is 371 g/mol. The second-order valence-corrected chi connectivity index (χ2v) is 6.29. The summed E-state index contributed by atoms with van der Waals surface area (Å²) in [6, 6.07) is 9.15. The summed E-state index contributed by atoms with van der Waals surface area (Å²) in [4.78, 5) is 0. The van der Waals surface area contributed by atoms with E-state index in [2.05, 4.69) is 27.3 Å². The molecule has 1 N–H and O–H groups in total. The van der Waals surface area contributed by atoms with Gasteiger partial charge in [0.05, 0.1) is 11.6 Å². The number of halogens is 3. The third-order valence-electron chi connectivity index (χ3n) is 3.49. The van der Waals surface area contributed by atoms with Crippen LogP contribution in [0.4, 0.5) is 4.39 Å². The van der Waals surface area contributed by atoms with E-state index in [9.17, 15) is 4.39 Å². The lowest BCUT2D eigenvalue weighted by Gasteiger charge is -2.11. The lowest BCUT2D eigenvalue weighted by molar-refractivity contribution is 0.352. The van der Waals surface area contributed by atoms with Gasteiger partial charge in [0.2, 0.25) is 0 Å². The second kappa shape index (κ2) is 6.34. The highest BCUT2D eigenvalue weighted by molar-refractivity contribution is 9.10. The Morgan fingerprint density at radius 1 is 1.24 bits per heavy atom. The van der Waals surface area contributed by atoms with Gasteiger partial charge in [0.15, 0.2) is 0 Å². The van der Waals surface area contributed by atoms with E-state index in [1.165, 1.54) is 5.56 Å². The van der Waals surface area contributed by atoms with Gasteiger partial charge in [-0.05, 0) is 23.8 Å². The van der Waals surface area contributed by atoms with Crippen molar-refractivity contribution in [2.24, 2.45) is 0 Å². The number of hydrogen-bond acceptors (Lipinski definition) is 2. The Bertz CT molecular complexity index is 678. The predicted octanol–water partition coefficient (Wildman–Crippen LogP) is 4.47. The molecule has 0 saturated heterocycles. The molecule has 5 heteroatoms. The Morgan fingerprint density at radius 2 is 2.05 bits per heavy atom. The summed E-state index contributed by atoms with van der Waals surface area (Å²) in [5.74, 6) is 0.597. The van der Waals surface area contributed by atoms with Crippen molar-refractivity contribution in [3.05, 3.63) is 62.3 Å². The first-order chi connectivity index (χ1) is 10.1. The van der Waals surface area contributed by atoms with Crippen molar-refractivity contribution in [3.63, 3.8) is 0 Å². The van der Waals surface area contributed by atoms with E-state index in [1.807, 2.05) is 6.07 Å². The first-order valence-electron chi connectivity index (χ1n) is 6.73. The smallest absolute Gasteiger partial charge is 0.146 e. The normalized spacial score (nSPS) is 13.1. The highest BCUT2D eigenvalue weighted by atomic mass is 79.9. The van der Waals surface area contributed by atoms with Crippen LogP contribution in [0.5, 0.6) is 5.75 Å². The zero-order valence-electron chi connectivity index (χ0n) is 11.3. The summed E-state index contributed by atoms with van der Waals surface area (Å²) < 4.78 is 20.5. The van der Waals surface area contributed by atoms with Crippen LogP contribution >= 0.6 is 27.5 Å². The number of rotatable bonds is 4. The third kappa shape index (κ3) is 3.23. The number of nitrogens with one attached hydrogen (secondary N) is 1. The summed E-state index contributed by atoms with van der Waals surface area (Å²) in [6.45, 7) is 1.77. The molecule has 110 valence electrons. The maximum absolute atomic E-state index is 13.8. The maximum Gasteiger partial charge on any atom is 0.146 e. The second-order valence-electron chi connectivity index (χ2n) is 4.97. The Morgan fingerprint density at radius 3 is 2.90 bits per heavy atom. The Hall–Kier alpha value is -1.10. The van der Waals surface area contributed by atoms with E-state index in [0.29, 0.717) is 18.7 Å². The zero-order valence-corrected chi connectivity index (χ0v) is 13.6. The van der Waals surface area contributed by atoms with E-state index in [0.717, 1.165) is 28.8 Å². The number of ether oxygens (including phenoxy) is 1. The zero-order chi connectivity index (χ0) is 14.8. The van der Waals surface area contributed by atoms with E-state index >= 15 is 0 Å². The molecule has 21 heavy (non-hydrogen) atoms. The standard InChI is InChI=1S/C16H14BrClFNO/c17-13-6-10-4-5-21-16(10)12(7-13)9-20-8-11-2-1-3-14(18)15(11)19/h1-3,6-7,20H,4-5,8-9H2. The van der Waals surface area contributed by atoms with Crippen molar-refractivity contribution in [1.29, 1.82) is 0 Å². The third-order valence-corrected chi connectivity index (χ3v) is 4.24. The van der Waals surface area contributed by atoms with Gasteiger partial charge in [-0.2, -0.15) is 0 Å². The predicted molar refractivity (Wildman–Crippen MR) is 85.3 cm³/mol. The van der Waals surface area contributed by atoms with Gasteiger partial charge in [0.25, 0.3) is 0 Å². The van der Waals surface area contributed by atoms with Crippen LogP contribution in [0, 0.1) is 5.82 Å². The fourth-order valence-electron chi connectivity index (χ4n) is 2.49. The molecule has 3 rings (SSSR count). The topological polar surface area (TPSA) is 21.3 Å². The Labute approximate surface area is 136 Å². The van der Waals surface area contributed by atoms with Crippen LogP contribution in [0.1, 0.15) is 16.7 Å². The van der Waals surface area contributed by atoms with Crippen molar-refractivity contribution >= 4 is 27.5 Å². The molecule has 0 bridgehead atoms. The molecule has 0 aliphatic carbocycles. The molecule has 0 atom stereocenters. The van der Waals surface area contributed by atoms with Crippen LogP contribution < -0.4 is 10.1 Å². The highest BCUT2D eigenvalue weighted by Gasteiger charge is 2.17. The van der Waals surface area contributed by atoms with Crippen LogP contribution in [0.3, 0.4) is 0 Å². The van der Waals surface area contributed by atoms with Gasteiger partial charge in [0, 0.05) is 35.1 Å². The Balaban J connectivity index is 1.70. The van der Waals surface area contributed by atoms with Crippen LogP contribution in [-0.4, -0.2) is 6.61 Å². The molecule has 0 aromatic heterocycles. The molecule has 0 saturated carbocycles. The lowest BCUT2D eigenvalue weighted by Crippen LogP contribution is -2.14. The fraction of sp³-hybridized carbons (Fsp3) is 0.250. The molecule has 2 nitrogen and oxygen atoms in total. The minimum absolute atomic E-state index is 0.154. The number of hydrogen-bond donors (Lipinski definition) is 1. The molecule has 0 fully saturated rings. The van der Waals surface area contributed by atoms with Crippen LogP contribution in [0.2, 0.25) is 5.02 Å². The van der Waals surface area contributed by atoms with Crippen molar-refractivity contribution in [2.45, 2.75) is 19.5 Å². The van der Waals surface area contributed by atoms with Crippen molar-refractivity contribution in [1.82, 2.24) is 5.32 Å². The number of benzene rings is 2. The minimum Gasteiger partial charge on any atom is -0.493 e. The van der Waals surface area contributed by atoms with E-state index in [1.54, 1.807) is 18.2 Å². The fourth-order valence-corrected chi connectivity index (χ4v) is 3.24. The summed E-state index contributed by atoms with van der Waals surface area (Å²) in [5.41, 5.74) is 2.87. The maximum atomic E-state index is 13.8. The molecule has 1 heterocycles. The summed E-state index contributed by atoms with van der Waals surface area (Å²) in [6.07, 6.45) is 0.935. The molecule has 1 aliphatic rings. The highest BCUT2D eigenvalue weighted by Crippen LogP contribution is 2.33. The molecular formula is C16H14BrClFNO. The summed E-state index contributed by atoms with van der Waals surface area (Å²) in [5, 5.41) is 3.40. The molecular weight excluding hydrogens is 357 g/mol. The lowest BCUT2D eigenvalue weighted by atomic mass is 10.1. The van der Waals surface area contributed by atoms with Gasteiger partial charge in [-0.3, -0.25) is 0 Å². The average Bonchev–Trinajstić information content (AvgIpc) is 2.91. The van der Waals surface area contributed by atoms with Gasteiger partial charge in [-0.25, -0.2) is 4.39 Å². The van der Waals surface area contributed by atoms with Crippen molar-refractivity contribution in [2.75, 3.05) is 6.61 Å². The molecule has 2 aromatic carbocycles. The first kappa shape index (κ1) is 14.8. The molecule has 1 aliphatic heterocycles. The van der Waals surface area contributed by atoms with Gasteiger partial charge in [-0.1, -0.05) is 39.7 Å². The van der Waals surface area contributed by atoms with Crippen molar-refractivity contribution < 1.29 is 9.13 Å². The molecule has 0 spiro atoms. The molecule has 0 radical (unpaired) electrons.